The first kappa shape index (κ1) is 15.0. The molecule has 0 radical (unpaired) electrons. The maximum atomic E-state index is 12.2. The Balaban J connectivity index is 2.30. The van der Waals surface area contributed by atoms with Crippen LogP contribution in [0.25, 0.3) is 0 Å². The summed E-state index contributed by atoms with van der Waals surface area (Å²) in [4.78, 5) is 13.5. The van der Waals surface area contributed by atoms with E-state index in [1.54, 1.807) is 18.4 Å². The van der Waals surface area contributed by atoms with Crippen molar-refractivity contribution >= 4 is 22.2 Å². The van der Waals surface area contributed by atoms with E-state index in [0.717, 1.165) is 24.8 Å². The molecule has 0 bridgehead atoms. The maximum absolute atomic E-state index is 12.2. The molecule has 0 saturated carbocycles. The number of nitrogens with zero attached hydrogens (tertiary/aromatic N) is 1. The molecule has 0 spiro atoms. The largest absolute Gasteiger partial charge is 0.315 e. The van der Waals surface area contributed by atoms with Gasteiger partial charge in [-0.2, -0.15) is 5.26 Å². The van der Waals surface area contributed by atoms with Gasteiger partial charge in [0.25, 0.3) is 0 Å². The fraction of sp³-hybridized carbons (Fsp3) is 0.600. The van der Waals surface area contributed by atoms with Gasteiger partial charge in [-0.25, -0.2) is 0 Å². The number of nitrogens with one attached hydrogen (secondary N) is 2. The number of nitriles is 1. The van der Waals surface area contributed by atoms with Gasteiger partial charge in [0.2, 0.25) is 5.91 Å². The molecule has 5 heteroatoms. The Hall–Kier alpha value is -1.38. The highest BCUT2D eigenvalue weighted by Gasteiger charge is 2.29. The molecule has 1 aliphatic carbocycles. The maximum Gasteiger partial charge on any atom is 0.244 e. The lowest BCUT2D eigenvalue weighted by Crippen LogP contribution is -2.47. The summed E-state index contributed by atoms with van der Waals surface area (Å²) in [5.74, 6) is 0.549. The Labute approximate surface area is 124 Å². The van der Waals surface area contributed by atoms with E-state index in [4.69, 9.17) is 0 Å². The predicted octanol–water partition coefficient (Wildman–Crippen LogP) is 2.68. The van der Waals surface area contributed by atoms with Gasteiger partial charge in [0, 0.05) is 4.88 Å². The molecule has 1 aliphatic rings. The number of fused-ring (bicyclic) bond motifs is 1. The minimum absolute atomic E-state index is 0.108. The molecule has 0 aromatic carbocycles. The molecule has 1 aromatic heterocycles. The summed E-state index contributed by atoms with van der Waals surface area (Å²) in [6, 6.07) is 2.27. The van der Waals surface area contributed by atoms with Crippen LogP contribution in [0.4, 0.5) is 5.00 Å². The van der Waals surface area contributed by atoms with Crippen LogP contribution in [-0.2, 0) is 17.6 Å². The molecule has 4 nitrogen and oxygen atoms in total. The third kappa shape index (κ3) is 2.72. The highest BCUT2D eigenvalue weighted by molar-refractivity contribution is 7.16. The van der Waals surface area contributed by atoms with Crippen LogP contribution in [-0.4, -0.2) is 18.5 Å². The number of hydrogen-bond acceptors (Lipinski definition) is 4. The zero-order chi connectivity index (χ0) is 14.9. The molecule has 1 atom stereocenters. The van der Waals surface area contributed by atoms with Crippen LogP contribution in [0.15, 0.2) is 0 Å². The lowest BCUT2D eigenvalue weighted by atomic mass is 9.88. The first-order valence-corrected chi connectivity index (χ1v) is 7.75. The molecular formula is C15H21N3OS. The number of carbonyl (C=O) groups excluding carboxylic acids is 1. The molecular weight excluding hydrogens is 270 g/mol. The number of amides is 1. The third-order valence-electron chi connectivity index (χ3n) is 4.04. The molecule has 0 aliphatic heterocycles. The average molecular weight is 291 g/mol. The molecule has 0 saturated heterocycles. The highest BCUT2D eigenvalue weighted by Crippen LogP contribution is 2.39. The summed E-state index contributed by atoms with van der Waals surface area (Å²) in [6.45, 7) is 5.88. The number of thiophene rings is 1. The van der Waals surface area contributed by atoms with Crippen LogP contribution in [0.2, 0.25) is 0 Å². The zero-order valence-electron chi connectivity index (χ0n) is 12.5. The SMILES string of the molecule is CNC(C)(C)C(=O)Nc1sc2c(c1C#N)CCC(C)C2. The summed E-state index contributed by atoms with van der Waals surface area (Å²) in [7, 11) is 1.76. The Morgan fingerprint density at radius 3 is 2.80 bits per heavy atom. The first-order chi connectivity index (χ1) is 9.39. The second-order valence-electron chi connectivity index (χ2n) is 6.00. The van der Waals surface area contributed by atoms with Crippen LogP contribution in [0.5, 0.6) is 0 Å². The predicted molar refractivity (Wildman–Crippen MR) is 82.0 cm³/mol. The first-order valence-electron chi connectivity index (χ1n) is 6.94. The molecule has 1 unspecified atom stereocenters. The van der Waals surface area contributed by atoms with Crippen molar-refractivity contribution in [2.45, 2.75) is 45.6 Å². The molecule has 1 aromatic rings. The quantitative estimate of drug-likeness (QED) is 0.900. The smallest absolute Gasteiger partial charge is 0.244 e. The number of hydrogen-bond donors (Lipinski definition) is 2. The van der Waals surface area contributed by atoms with Gasteiger partial charge in [0.05, 0.1) is 11.1 Å². The van der Waals surface area contributed by atoms with Crippen LogP contribution in [0.3, 0.4) is 0 Å². The van der Waals surface area contributed by atoms with Crippen LogP contribution < -0.4 is 10.6 Å². The van der Waals surface area contributed by atoms with Gasteiger partial charge in [-0.3, -0.25) is 4.79 Å². The Kier molecular flexibility index (Phi) is 4.17. The topological polar surface area (TPSA) is 64.9 Å². The Bertz CT molecular complexity index is 568. The molecule has 2 N–H and O–H groups in total. The van der Waals surface area contributed by atoms with Gasteiger partial charge >= 0.3 is 0 Å². The van der Waals surface area contributed by atoms with Crippen molar-refractivity contribution in [2.75, 3.05) is 12.4 Å². The van der Waals surface area contributed by atoms with Crippen molar-refractivity contribution in [1.82, 2.24) is 5.32 Å². The zero-order valence-corrected chi connectivity index (χ0v) is 13.3. The van der Waals surface area contributed by atoms with E-state index in [1.807, 2.05) is 13.8 Å². The number of likely N-dealkylation sites (N-methyl/N-ethyl adjacent to an activating group) is 1. The van der Waals surface area contributed by atoms with Crippen LogP contribution in [0, 0.1) is 17.2 Å². The van der Waals surface area contributed by atoms with Gasteiger partial charge in [-0.05, 0) is 51.6 Å². The van der Waals surface area contributed by atoms with Crippen molar-refractivity contribution in [3.05, 3.63) is 16.0 Å². The second-order valence-corrected chi connectivity index (χ2v) is 7.10. The van der Waals surface area contributed by atoms with Crippen molar-refractivity contribution in [3.8, 4) is 6.07 Å². The summed E-state index contributed by atoms with van der Waals surface area (Å²) < 4.78 is 0. The third-order valence-corrected chi connectivity index (χ3v) is 5.21. The van der Waals surface area contributed by atoms with Crippen LogP contribution >= 0.6 is 11.3 Å². The van der Waals surface area contributed by atoms with E-state index in [9.17, 15) is 10.1 Å². The van der Waals surface area contributed by atoms with Crippen molar-refractivity contribution in [1.29, 1.82) is 5.26 Å². The average Bonchev–Trinajstić information content (AvgIpc) is 2.74. The summed E-state index contributed by atoms with van der Waals surface area (Å²) in [6.07, 6.45) is 3.08. The standard InChI is InChI=1S/C15H21N3OS/c1-9-5-6-10-11(8-16)13(20-12(10)7-9)18-14(19)15(2,3)17-4/h9,17H,5-7H2,1-4H3,(H,18,19). The number of carbonyl (C=O) groups is 1. The molecule has 0 fully saturated rings. The second kappa shape index (κ2) is 5.55. The lowest BCUT2D eigenvalue weighted by Gasteiger charge is -2.22. The Morgan fingerprint density at radius 2 is 2.20 bits per heavy atom. The number of rotatable bonds is 3. The lowest BCUT2D eigenvalue weighted by molar-refractivity contribution is -0.121. The molecule has 20 heavy (non-hydrogen) atoms. The highest BCUT2D eigenvalue weighted by atomic mass is 32.1. The Morgan fingerprint density at radius 1 is 1.50 bits per heavy atom. The van der Waals surface area contributed by atoms with Gasteiger partial charge in [0.1, 0.15) is 11.1 Å². The van der Waals surface area contributed by atoms with Crippen molar-refractivity contribution in [3.63, 3.8) is 0 Å². The van der Waals surface area contributed by atoms with E-state index < -0.39 is 5.54 Å². The molecule has 108 valence electrons. The summed E-state index contributed by atoms with van der Waals surface area (Å²) >= 11 is 1.56. The fourth-order valence-electron chi connectivity index (χ4n) is 2.33. The van der Waals surface area contributed by atoms with Gasteiger partial charge in [0.15, 0.2) is 0 Å². The summed E-state index contributed by atoms with van der Waals surface area (Å²) in [5.41, 5.74) is 1.16. The van der Waals surface area contributed by atoms with Gasteiger partial charge in [-0.15, -0.1) is 11.3 Å². The monoisotopic (exact) mass is 291 g/mol. The van der Waals surface area contributed by atoms with E-state index in [2.05, 4.69) is 23.6 Å². The number of anilines is 1. The molecule has 2 rings (SSSR count). The van der Waals surface area contributed by atoms with E-state index in [-0.39, 0.29) is 5.91 Å². The minimum atomic E-state index is -0.648. The molecule has 1 heterocycles. The van der Waals surface area contributed by atoms with E-state index in [1.165, 1.54) is 4.88 Å². The van der Waals surface area contributed by atoms with E-state index in [0.29, 0.717) is 16.5 Å². The van der Waals surface area contributed by atoms with E-state index >= 15 is 0 Å². The van der Waals surface area contributed by atoms with Crippen molar-refractivity contribution < 1.29 is 4.79 Å². The van der Waals surface area contributed by atoms with Gasteiger partial charge < -0.3 is 10.6 Å². The normalized spacial score (nSPS) is 18.2. The van der Waals surface area contributed by atoms with Gasteiger partial charge in [-0.1, -0.05) is 6.92 Å². The van der Waals surface area contributed by atoms with Crippen molar-refractivity contribution in [2.24, 2.45) is 5.92 Å². The summed E-state index contributed by atoms with van der Waals surface area (Å²) in [5, 5.41) is 16.0. The van der Waals surface area contributed by atoms with Crippen LogP contribution in [0.1, 0.15) is 43.2 Å². The fourth-order valence-corrected chi connectivity index (χ4v) is 3.69. The minimum Gasteiger partial charge on any atom is -0.315 e. The molecule has 1 amide bonds.